The van der Waals surface area contributed by atoms with Crippen LogP contribution >= 0.6 is 11.6 Å². The van der Waals surface area contributed by atoms with Crippen molar-refractivity contribution in [2.45, 2.75) is 39.0 Å². The topological polar surface area (TPSA) is 67.0 Å². The van der Waals surface area contributed by atoms with E-state index in [1.54, 1.807) is 0 Å². The summed E-state index contributed by atoms with van der Waals surface area (Å²) in [7, 11) is 0. The molecule has 1 aliphatic rings. The Morgan fingerprint density at radius 1 is 1.39 bits per heavy atom. The first-order chi connectivity index (χ1) is 11.0. The molecule has 0 amide bonds. The summed E-state index contributed by atoms with van der Waals surface area (Å²) >= 11 is 6.01. The lowest BCUT2D eigenvalue weighted by atomic mass is 9.64. The molecule has 0 radical (unpaired) electrons. The number of aromatic amines is 1. The van der Waals surface area contributed by atoms with E-state index < -0.39 is 0 Å². The van der Waals surface area contributed by atoms with Gasteiger partial charge in [-0.1, -0.05) is 55.8 Å². The van der Waals surface area contributed by atoms with Crippen molar-refractivity contribution in [1.82, 2.24) is 10.2 Å². The van der Waals surface area contributed by atoms with Crippen LogP contribution in [0, 0.1) is 5.41 Å². The van der Waals surface area contributed by atoms with Gasteiger partial charge in [-0.2, -0.15) is 5.10 Å². The van der Waals surface area contributed by atoms with Crippen LogP contribution in [0.25, 0.3) is 0 Å². The number of rotatable bonds is 5. The molecular weight excluding hydrogens is 314 g/mol. The summed E-state index contributed by atoms with van der Waals surface area (Å²) < 4.78 is 6.04. The Kier molecular flexibility index (Phi) is 4.41. The molecule has 2 atom stereocenters. The molecule has 0 aliphatic heterocycles. The van der Waals surface area contributed by atoms with Gasteiger partial charge in [0, 0.05) is 11.5 Å². The van der Waals surface area contributed by atoms with Crippen molar-refractivity contribution in [3.63, 3.8) is 0 Å². The SMILES string of the molecule is CC1(C)[C@@H](Nc2cn[nH]c(=O)c2Cl)C[C@H]1OCc1ccccc1. The van der Waals surface area contributed by atoms with Crippen molar-refractivity contribution < 1.29 is 4.74 Å². The molecule has 0 bridgehead atoms. The maximum atomic E-state index is 11.5. The maximum absolute atomic E-state index is 11.5. The van der Waals surface area contributed by atoms with Crippen LogP contribution in [0.3, 0.4) is 0 Å². The first-order valence-electron chi connectivity index (χ1n) is 7.63. The van der Waals surface area contributed by atoms with Crippen molar-refractivity contribution in [3.8, 4) is 0 Å². The number of anilines is 1. The van der Waals surface area contributed by atoms with Crippen LogP contribution in [0.1, 0.15) is 25.8 Å². The number of hydrogen-bond donors (Lipinski definition) is 2. The predicted molar refractivity (Wildman–Crippen MR) is 90.7 cm³/mol. The third kappa shape index (κ3) is 3.26. The molecule has 0 unspecified atom stereocenters. The van der Waals surface area contributed by atoms with Gasteiger partial charge in [0.1, 0.15) is 5.02 Å². The number of H-pyrrole nitrogens is 1. The summed E-state index contributed by atoms with van der Waals surface area (Å²) in [5.41, 5.74) is 1.29. The number of hydrogen-bond acceptors (Lipinski definition) is 4. The van der Waals surface area contributed by atoms with Gasteiger partial charge in [-0.15, -0.1) is 0 Å². The molecule has 1 aromatic carbocycles. The normalized spacial score (nSPS) is 22.4. The molecule has 0 saturated heterocycles. The number of ether oxygens (including phenoxy) is 1. The minimum atomic E-state index is -0.384. The highest BCUT2D eigenvalue weighted by molar-refractivity contribution is 6.32. The van der Waals surface area contributed by atoms with Gasteiger partial charge < -0.3 is 10.1 Å². The fraction of sp³-hybridized carbons (Fsp3) is 0.412. The van der Waals surface area contributed by atoms with Gasteiger partial charge in [0.05, 0.1) is 24.6 Å². The van der Waals surface area contributed by atoms with Crippen LogP contribution in [0.4, 0.5) is 5.69 Å². The highest BCUT2D eigenvalue weighted by Gasteiger charge is 2.49. The standard InChI is InChI=1S/C17H20ClN3O2/c1-17(2)13(20-12-9-19-21-16(22)15(12)18)8-14(17)23-10-11-6-4-3-5-7-11/h3-7,9,13-14H,8,10H2,1-2H3,(H2,20,21,22)/t13-,14+/m0/s1. The minimum Gasteiger partial charge on any atom is -0.379 e. The van der Waals surface area contributed by atoms with Gasteiger partial charge >= 0.3 is 0 Å². The second kappa shape index (κ2) is 6.34. The van der Waals surface area contributed by atoms with Crippen LogP contribution < -0.4 is 10.9 Å². The number of halogens is 1. The van der Waals surface area contributed by atoms with E-state index in [2.05, 4.69) is 41.5 Å². The molecule has 6 heteroatoms. The quantitative estimate of drug-likeness (QED) is 0.881. The predicted octanol–water partition coefficient (Wildman–Crippen LogP) is 3.22. The zero-order valence-electron chi connectivity index (χ0n) is 13.2. The van der Waals surface area contributed by atoms with Gasteiger partial charge in [-0.3, -0.25) is 4.79 Å². The number of nitrogens with one attached hydrogen (secondary N) is 2. The molecule has 1 heterocycles. The molecule has 2 N–H and O–H groups in total. The van der Waals surface area contributed by atoms with Crippen molar-refractivity contribution in [2.75, 3.05) is 5.32 Å². The molecule has 3 rings (SSSR count). The van der Waals surface area contributed by atoms with E-state index in [0.29, 0.717) is 12.3 Å². The van der Waals surface area contributed by atoms with Gasteiger partial charge in [-0.25, -0.2) is 5.10 Å². The average molecular weight is 334 g/mol. The summed E-state index contributed by atoms with van der Waals surface area (Å²) in [6.45, 7) is 4.91. The zero-order valence-corrected chi connectivity index (χ0v) is 13.9. The summed E-state index contributed by atoms with van der Waals surface area (Å²) in [4.78, 5) is 11.5. The van der Waals surface area contributed by atoms with E-state index in [4.69, 9.17) is 16.3 Å². The van der Waals surface area contributed by atoms with Crippen LogP contribution in [0.2, 0.25) is 5.02 Å². The highest BCUT2D eigenvalue weighted by atomic mass is 35.5. The molecule has 1 saturated carbocycles. The van der Waals surface area contributed by atoms with Gasteiger partial charge in [0.2, 0.25) is 0 Å². The van der Waals surface area contributed by atoms with Crippen molar-refractivity contribution in [1.29, 1.82) is 0 Å². The summed E-state index contributed by atoms with van der Waals surface area (Å²) in [6.07, 6.45) is 2.56. The summed E-state index contributed by atoms with van der Waals surface area (Å²) in [5.74, 6) is 0. The third-order valence-electron chi connectivity index (χ3n) is 4.60. The monoisotopic (exact) mass is 333 g/mol. The van der Waals surface area contributed by atoms with Crippen molar-refractivity contribution in [2.24, 2.45) is 5.41 Å². The van der Waals surface area contributed by atoms with Gasteiger partial charge in [-0.05, 0) is 12.0 Å². The highest BCUT2D eigenvalue weighted by Crippen LogP contribution is 2.45. The molecule has 0 spiro atoms. The Hall–Kier alpha value is -1.85. The molecule has 1 aromatic heterocycles. The van der Waals surface area contributed by atoms with E-state index in [-0.39, 0.29) is 28.1 Å². The van der Waals surface area contributed by atoms with Crippen molar-refractivity contribution in [3.05, 3.63) is 57.5 Å². The molecule has 23 heavy (non-hydrogen) atoms. The molecule has 2 aromatic rings. The van der Waals surface area contributed by atoms with Crippen LogP contribution in [0.5, 0.6) is 0 Å². The Labute approximate surface area is 140 Å². The molecule has 1 aliphatic carbocycles. The lowest BCUT2D eigenvalue weighted by molar-refractivity contribution is -0.109. The third-order valence-corrected chi connectivity index (χ3v) is 4.97. The van der Waals surface area contributed by atoms with E-state index in [9.17, 15) is 4.79 Å². The van der Waals surface area contributed by atoms with Crippen molar-refractivity contribution >= 4 is 17.3 Å². The summed E-state index contributed by atoms with van der Waals surface area (Å²) in [5, 5.41) is 9.55. The first kappa shape index (κ1) is 16.0. The van der Waals surface area contributed by atoms with Crippen LogP contribution in [0.15, 0.2) is 41.3 Å². The lowest BCUT2D eigenvalue weighted by Crippen LogP contribution is -2.58. The molecule has 5 nitrogen and oxygen atoms in total. The molecular formula is C17H20ClN3O2. The lowest BCUT2D eigenvalue weighted by Gasteiger charge is -2.52. The summed E-state index contributed by atoms with van der Waals surface area (Å²) in [6, 6.07) is 10.3. The second-order valence-corrected chi connectivity index (χ2v) is 6.84. The molecule has 122 valence electrons. The average Bonchev–Trinajstić information content (AvgIpc) is 2.55. The fourth-order valence-corrected chi connectivity index (χ4v) is 3.00. The number of nitrogens with zero attached hydrogens (tertiary/aromatic N) is 1. The smallest absolute Gasteiger partial charge is 0.285 e. The second-order valence-electron chi connectivity index (χ2n) is 6.47. The first-order valence-corrected chi connectivity index (χ1v) is 8.01. The Bertz CT molecular complexity index is 730. The Balaban J connectivity index is 1.60. The fourth-order valence-electron chi connectivity index (χ4n) is 2.86. The van der Waals surface area contributed by atoms with Gasteiger partial charge in [0.15, 0.2) is 0 Å². The Morgan fingerprint density at radius 3 is 2.83 bits per heavy atom. The minimum absolute atomic E-state index is 0.0548. The van der Waals surface area contributed by atoms with E-state index in [1.165, 1.54) is 11.8 Å². The van der Waals surface area contributed by atoms with E-state index in [0.717, 1.165) is 6.42 Å². The Morgan fingerprint density at radius 2 is 2.13 bits per heavy atom. The number of aromatic nitrogens is 2. The van der Waals surface area contributed by atoms with Crippen LogP contribution in [-0.2, 0) is 11.3 Å². The largest absolute Gasteiger partial charge is 0.379 e. The van der Waals surface area contributed by atoms with Gasteiger partial charge in [0.25, 0.3) is 5.56 Å². The number of benzene rings is 1. The van der Waals surface area contributed by atoms with E-state index >= 15 is 0 Å². The van der Waals surface area contributed by atoms with Crippen LogP contribution in [-0.4, -0.2) is 22.3 Å². The zero-order chi connectivity index (χ0) is 16.4. The molecule has 1 fully saturated rings. The van der Waals surface area contributed by atoms with E-state index in [1.807, 2.05) is 18.2 Å². The maximum Gasteiger partial charge on any atom is 0.285 e.